The molecule has 1 aliphatic carbocycles. The first kappa shape index (κ1) is 17.7. The lowest BCUT2D eigenvalue weighted by Crippen LogP contribution is -2.33. The molecule has 0 saturated carbocycles. The Bertz CT molecular complexity index is 861. The first-order valence-corrected chi connectivity index (χ1v) is 9.82. The van der Waals surface area contributed by atoms with Crippen LogP contribution in [0.1, 0.15) is 34.7 Å². The van der Waals surface area contributed by atoms with Crippen molar-refractivity contribution in [2.45, 2.75) is 32.4 Å². The van der Waals surface area contributed by atoms with E-state index < -0.39 is 0 Å². The predicted octanol–water partition coefficient (Wildman–Crippen LogP) is 4.67. The van der Waals surface area contributed by atoms with Crippen LogP contribution in [0, 0.1) is 6.92 Å². The Labute approximate surface area is 162 Å². The standard InChI is InChI=1S/C24H27N3/c1-19-10-12-22-21(17-19)11-13-23(22)25-15-16-27(24-9-5-6-14-26-24)18-20-7-3-2-4-8-20/h2-10,12,14,17,23,25H,11,13,15-16,18H2,1H3. The largest absolute Gasteiger partial charge is 0.351 e. The fraction of sp³-hybridized carbons (Fsp3) is 0.292. The monoisotopic (exact) mass is 357 g/mol. The number of rotatable bonds is 7. The van der Waals surface area contributed by atoms with Gasteiger partial charge in [-0.3, -0.25) is 0 Å². The first-order valence-electron chi connectivity index (χ1n) is 9.82. The van der Waals surface area contributed by atoms with Gasteiger partial charge in [0.25, 0.3) is 0 Å². The molecule has 138 valence electrons. The number of hydrogen-bond donors (Lipinski definition) is 1. The van der Waals surface area contributed by atoms with Crippen molar-refractivity contribution in [1.29, 1.82) is 0 Å². The molecule has 3 aromatic rings. The highest BCUT2D eigenvalue weighted by molar-refractivity contribution is 5.40. The van der Waals surface area contributed by atoms with Gasteiger partial charge in [0.05, 0.1) is 0 Å². The highest BCUT2D eigenvalue weighted by atomic mass is 15.2. The minimum absolute atomic E-state index is 0.475. The van der Waals surface area contributed by atoms with Crippen molar-refractivity contribution in [1.82, 2.24) is 10.3 Å². The maximum atomic E-state index is 4.57. The van der Waals surface area contributed by atoms with E-state index in [1.165, 1.54) is 35.1 Å². The van der Waals surface area contributed by atoms with Crippen molar-refractivity contribution in [3.05, 3.63) is 95.2 Å². The van der Waals surface area contributed by atoms with Crippen LogP contribution in [-0.4, -0.2) is 18.1 Å². The molecule has 1 N–H and O–H groups in total. The molecule has 3 nitrogen and oxygen atoms in total. The molecule has 0 radical (unpaired) electrons. The summed E-state index contributed by atoms with van der Waals surface area (Å²) >= 11 is 0. The molecule has 1 aliphatic rings. The Kier molecular flexibility index (Phi) is 5.50. The molecule has 2 aromatic carbocycles. The second-order valence-corrected chi connectivity index (χ2v) is 7.34. The van der Waals surface area contributed by atoms with Gasteiger partial charge in [-0.25, -0.2) is 4.98 Å². The van der Waals surface area contributed by atoms with Crippen LogP contribution in [-0.2, 0) is 13.0 Å². The highest BCUT2D eigenvalue weighted by Gasteiger charge is 2.21. The second-order valence-electron chi connectivity index (χ2n) is 7.34. The fourth-order valence-corrected chi connectivity index (χ4v) is 3.95. The topological polar surface area (TPSA) is 28.2 Å². The van der Waals surface area contributed by atoms with Crippen molar-refractivity contribution in [2.75, 3.05) is 18.0 Å². The van der Waals surface area contributed by atoms with Crippen LogP contribution in [0.4, 0.5) is 5.82 Å². The zero-order valence-electron chi connectivity index (χ0n) is 15.9. The molecular weight excluding hydrogens is 330 g/mol. The van der Waals surface area contributed by atoms with Gasteiger partial charge in [0, 0.05) is 31.9 Å². The molecule has 1 aromatic heterocycles. The molecule has 0 spiro atoms. The van der Waals surface area contributed by atoms with Gasteiger partial charge in [0.1, 0.15) is 5.82 Å². The molecular formula is C24H27N3. The summed E-state index contributed by atoms with van der Waals surface area (Å²) in [5.41, 5.74) is 5.66. The van der Waals surface area contributed by atoms with Crippen LogP contribution in [0.15, 0.2) is 72.9 Å². The SMILES string of the molecule is Cc1ccc2c(c1)CCC2NCCN(Cc1ccccc1)c1ccccn1. The van der Waals surface area contributed by atoms with Crippen molar-refractivity contribution >= 4 is 5.82 Å². The third-order valence-corrected chi connectivity index (χ3v) is 5.34. The number of anilines is 1. The van der Waals surface area contributed by atoms with Gasteiger partial charge in [0.15, 0.2) is 0 Å². The van der Waals surface area contributed by atoms with E-state index in [-0.39, 0.29) is 0 Å². The lowest BCUT2D eigenvalue weighted by atomic mass is 10.1. The van der Waals surface area contributed by atoms with E-state index in [0.29, 0.717) is 6.04 Å². The second kappa shape index (κ2) is 8.36. The number of pyridine rings is 1. The minimum atomic E-state index is 0.475. The Hall–Kier alpha value is -2.65. The third-order valence-electron chi connectivity index (χ3n) is 5.34. The molecule has 0 saturated heterocycles. The van der Waals surface area contributed by atoms with E-state index in [1.54, 1.807) is 0 Å². The third kappa shape index (κ3) is 4.37. The van der Waals surface area contributed by atoms with Crippen LogP contribution in [0.5, 0.6) is 0 Å². The van der Waals surface area contributed by atoms with Gasteiger partial charge in [-0.2, -0.15) is 0 Å². The van der Waals surface area contributed by atoms with E-state index in [1.807, 2.05) is 12.3 Å². The number of fused-ring (bicyclic) bond motifs is 1. The summed E-state index contributed by atoms with van der Waals surface area (Å²) < 4.78 is 0. The Morgan fingerprint density at radius 3 is 2.70 bits per heavy atom. The van der Waals surface area contributed by atoms with Crippen molar-refractivity contribution in [3.8, 4) is 0 Å². The van der Waals surface area contributed by atoms with Crippen molar-refractivity contribution in [2.24, 2.45) is 0 Å². The molecule has 4 rings (SSSR count). The smallest absolute Gasteiger partial charge is 0.128 e. The molecule has 3 heteroatoms. The van der Waals surface area contributed by atoms with Crippen molar-refractivity contribution in [3.63, 3.8) is 0 Å². The van der Waals surface area contributed by atoms with Crippen LogP contribution in [0.2, 0.25) is 0 Å². The van der Waals surface area contributed by atoms with Gasteiger partial charge in [-0.05, 0) is 48.6 Å². The Morgan fingerprint density at radius 1 is 1.04 bits per heavy atom. The zero-order valence-corrected chi connectivity index (χ0v) is 15.9. The van der Waals surface area contributed by atoms with E-state index >= 15 is 0 Å². The summed E-state index contributed by atoms with van der Waals surface area (Å²) in [6, 6.07) is 24.1. The fourth-order valence-electron chi connectivity index (χ4n) is 3.95. The van der Waals surface area contributed by atoms with Gasteiger partial charge < -0.3 is 10.2 Å². The summed E-state index contributed by atoms with van der Waals surface area (Å²) in [4.78, 5) is 6.92. The average Bonchev–Trinajstić information content (AvgIpc) is 3.10. The zero-order chi connectivity index (χ0) is 18.5. The minimum Gasteiger partial charge on any atom is -0.351 e. The number of aromatic nitrogens is 1. The summed E-state index contributed by atoms with van der Waals surface area (Å²) in [6.45, 7) is 4.93. The average molecular weight is 358 g/mol. The molecule has 27 heavy (non-hydrogen) atoms. The predicted molar refractivity (Wildman–Crippen MR) is 112 cm³/mol. The van der Waals surface area contributed by atoms with Crippen molar-refractivity contribution < 1.29 is 0 Å². The lowest BCUT2D eigenvalue weighted by molar-refractivity contribution is 0.528. The summed E-state index contributed by atoms with van der Waals surface area (Å²) in [5, 5.41) is 3.77. The van der Waals surface area contributed by atoms with Gasteiger partial charge in [-0.15, -0.1) is 0 Å². The Morgan fingerprint density at radius 2 is 1.89 bits per heavy atom. The molecule has 1 unspecified atom stereocenters. The van der Waals surface area contributed by atoms with Crippen LogP contribution in [0.3, 0.4) is 0 Å². The molecule has 0 aliphatic heterocycles. The highest BCUT2D eigenvalue weighted by Crippen LogP contribution is 2.31. The molecule has 0 amide bonds. The lowest BCUT2D eigenvalue weighted by Gasteiger charge is -2.25. The van der Waals surface area contributed by atoms with E-state index in [4.69, 9.17) is 0 Å². The first-order chi connectivity index (χ1) is 13.3. The number of nitrogens with zero attached hydrogens (tertiary/aromatic N) is 2. The summed E-state index contributed by atoms with van der Waals surface area (Å²) in [5.74, 6) is 1.03. The normalized spacial score (nSPS) is 15.5. The van der Waals surface area contributed by atoms with E-state index in [0.717, 1.165) is 25.5 Å². The Balaban J connectivity index is 1.41. The molecule has 0 fully saturated rings. The number of nitrogens with one attached hydrogen (secondary N) is 1. The van der Waals surface area contributed by atoms with Gasteiger partial charge in [0.2, 0.25) is 0 Å². The molecule has 1 heterocycles. The van der Waals surface area contributed by atoms with E-state index in [2.05, 4.69) is 82.8 Å². The molecule has 1 atom stereocenters. The van der Waals surface area contributed by atoms with Gasteiger partial charge in [-0.1, -0.05) is 60.2 Å². The van der Waals surface area contributed by atoms with Crippen LogP contribution < -0.4 is 10.2 Å². The molecule has 0 bridgehead atoms. The van der Waals surface area contributed by atoms with Crippen LogP contribution in [0.25, 0.3) is 0 Å². The van der Waals surface area contributed by atoms with Gasteiger partial charge >= 0.3 is 0 Å². The maximum absolute atomic E-state index is 4.57. The summed E-state index contributed by atoms with van der Waals surface area (Å²) in [7, 11) is 0. The van der Waals surface area contributed by atoms with E-state index in [9.17, 15) is 0 Å². The quantitative estimate of drug-likeness (QED) is 0.666. The summed E-state index contributed by atoms with van der Waals surface area (Å²) in [6.07, 6.45) is 4.25. The maximum Gasteiger partial charge on any atom is 0.128 e. The number of hydrogen-bond acceptors (Lipinski definition) is 3. The number of aryl methyl sites for hydroxylation is 2. The number of benzene rings is 2. The van der Waals surface area contributed by atoms with Crippen LogP contribution >= 0.6 is 0 Å².